The lowest BCUT2D eigenvalue weighted by atomic mass is 9.91. The fourth-order valence-corrected chi connectivity index (χ4v) is 2.38. The van der Waals surface area contributed by atoms with Gasteiger partial charge in [-0.05, 0) is 23.3 Å². The van der Waals surface area contributed by atoms with Gasteiger partial charge in [0.15, 0.2) is 0 Å². The molecule has 1 aromatic carbocycles. The molecule has 1 N–H and O–H groups in total. The first-order valence-electron chi connectivity index (χ1n) is 4.79. The van der Waals surface area contributed by atoms with Crippen LogP contribution in [0.1, 0.15) is 17.0 Å². The molecule has 2 rings (SSSR count). The third-order valence-corrected chi connectivity index (χ3v) is 3.11. The van der Waals surface area contributed by atoms with Crippen molar-refractivity contribution in [2.24, 2.45) is 0 Å². The van der Waals surface area contributed by atoms with Crippen molar-refractivity contribution in [2.45, 2.75) is 12.5 Å². The average Bonchev–Trinajstić information content (AvgIpc) is 2.18. The maximum Gasteiger partial charge on any atom is 0.0543 e. The topological polar surface area (TPSA) is 21.3 Å². The summed E-state index contributed by atoms with van der Waals surface area (Å²) in [6.45, 7) is 2.78. The molecular formula is C11H14BrNO. The third-order valence-electron chi connectivity index (χ3n) is 2.62. The summed E-state index contributed by atoms with van der Waals surface area (Å²) in [5, 5.41) is 3.40. The Labute approximate surface area is 92.8 Å². The van der Waals surface area contributed by atoms with Crippen LogP contribution in [0.25, 0.3) is 0 Å². The summed E-state index contributed by atoms with van der Waals surface area (Å²) in [4.78, 5) is 0. The van der Waals surface area contributed by atoms with Crippen LogP contribution in [0, 0.1) is 0 Å². The first-order valence-corrected chi connectivity index (χ1v) is 5.58. The predicted molar refractivity (Wildman–Crippen MR) is 60.5 cm³/mol. The van der Waals surface area contributed by atoms with Gasteiger partial charge in [-0.1, -0.05) is 22.0 Å². The third kappa shape index (κ3) is 2.00. The summed E-state index contributed by atoms with van der Waals surface area (Å²) in [7, 11) is 1.76. The van der Waals surface area contributed by atoms with Gasteiger partial charge >= 0.3 is 0 Å². The van der Waals surface area contributed by atoms with Crippen LogP contribution in [0.15, 0.2) is 22.7 Å². The quantitative estimate of drug-likeness (QED) is 0.876. The Morgan fingerprint density at radius 3 is 3.21 bits per heavy atom. The van der Waals surface area contributed by atoms with Gasteiger partial charge in [0.05, 0.1) is 6.61 Å². The Balaban J connectivity index is 2.30. The summed E-state index contributed by atoms with van der Waals surface area (Å²) in [6.07, 6.45) is 0. The van der Waals surface area contributed by atoms with E-state index in [9.17, 15) is 0 Å². The Hall–Kier alpha value is -0.380. The summed E-state index contributed by atoms with van der Waals surface area (Å²) < 4.78 is 6.37. The van der Waals surface area contributed by atoms with E-state index in [2.05, 4.69) is 39.4 Å². The number of benzene rings is 1. The lowest BCUT2D eigenvalue weighted by molar-refractivity contribution is 0.175. The molecule has 1 atom stereocenters. The van der Waals surface area contributed by atoms with Gasteiger partial charge in [0, 0.05) is 30.6 Å². The number of ether oxygens (including phenoxy) is 1. The number of fused-ring (bicyclic) bond motifs is 1. The lowest BCUT2D eigenvalue weighted by Gasteiger charge is -2.25. The Morgan fingerprint density at radius 1 is 1.57 bits per heavy atom. The molecule has 14 heavy (non-hydrogen) atoms. The van der Waals surface area contributed by atoms with E-state index < -0.39 is 0 Å². The normalized spacial score (nSPS) is 20.6. The van der Waals surface area contributed by atoms with E-state index in [-0.39, 0.29) is 0 Å². The number of hydrogen-bond donors (Lipinski definition) is 1. The molecule has 2 nitrogen and oxygen atoms in total. The molecule has 0 fully saturated rings. The van der Waals surface area contributed by atoms with Crippen molar-refractivity contribution in [3.05, 3.63) is 33.8 Å². The standard InChI is InChI=1S/C11H14BrNO/c1-14-7-9-6-13-5-8-4-10(12)2-3-11(8)9/h2-4,9,13H,5-7H2,1H3. The Kier molecular flexibility index (Phi) is 3.21. The van der Waals surface area contributed by atoms with E-state index in [1.807, 2.05) is 0 Å². The van der Waals surface area contributed by atoms with Crippen LogP contribution in [0.5, 0.6) is 0 Å². The second-order valence-electron chi connectivity index (χ2n) is 3.63. The average molecular weight is 256 g/mol. The first-order chi connectivity index (χ1) is 6.81. The maximum absolute atomic E-state index is 5.22. The van der Waals surface area contributed by atoms with Crippen molar-refractivity contribution in [3.63, 3.8) is 0 Å². The molecule has 0 radical (unpaired) electrons. The van der Waals surface area contributed by atoms with Gasteiger partial charge in [-0.15, -0.1) is 0 Å². The van der Waals surface area contributed by atoms with Crippen LogP contribution in [0.4, 0.5) is 0 Å². The summed E-state index contributed by atoms with van der Waals surface area (Å²) in [5.74, 6) is 0.497. The van der Waals surface area contributed by atoms with E-state index in [0.29, 0.717) is 5.92 Å². The molecule has 0 saturated heterocycles. The highest BCUT2D eigenvalue weighted by Crippen LogP contribution is 2.26. The number of rotatable bonds is 2. The van der Waals surface area contributed by atoms with E-state index in [0.717, 1.165) is 24.2 Å². The first kappa shape index (κ1) is 10.1. The van der Waals surface area contributed by atoms with Gasteiger partial charge in [-0.2, -0.15) is 0 Å². The molecule has 0 amide bonds. The molecule has 1 heterocycles. The Morgan fingerprint density at radius 2 is 2.43 bits per heavy atom. The van der Waals surface area contributed by atoms with Gasteiger partial charge in [0.2, 0.25) is 0 Å². The van der Waals surface area contributed by atoms with Crippen LogP contribution in [-0.4, -0.2) is 20.3 Å². The van der Waals surface area contributed by atoms with Crippen LogP contribution in [-0.2, 0) is 11.3 Å². The van der Waals surface area contributed by atoms with E-state index >= 15 is 0 Å². The molecule has 0 aliphatic carbocycles. The molecule has 0 bridgehead atoms. The smallest absolute Gasteiger partial charge is 0.0543 e. The van der Waals surface area contributed by atoms with Crippen LogP contribution >= 0.6 is 15.9 Å². The molecule has 0 saturated carbocycles. The van der Waals surface area contributed by atoms with E-state index in [1.165, 1.54) is 11.1 Å². The summed E-state index contributed by atoms with van der Waals surface area (Å²) >= 11 is 3.49. The zero-order chi connectivity index (χ0) is 9.97. The zero-order valence-corrected chi connectivity index (χ0v) is 9.80. The van der Waals surface area contributed by atoms with Crippen molar-refractivity contribution >= 4 is 15.9 Å². The minimum Gasteiger partial charge on any atom is -0.384 e. The molecule has 1 aromatic rings. The fourth-order valence-electron chi connectivity index (χ4n) is 1.97. The number of nitrogens with one attached hydrogen (secondary N) is 1. The Bertz CT molecular complexity index is 327. The van der Waals surface area contributed by atoms with Gasteiger partial charge in [-0.3, -0.25) is 0 Å². The van der Waals surface area contributed by atoms with Crippen molar-refractivity contribution in [2.75, 3.05) is 20.3 Å². The second kappa shape index (κ2) is 4.43. The molecule has 3 heteroatoms. The monoisotopic (exact) mass is 255 g/mol. The molecule has 0 aromatic heterocycles. The largest absolute Gasteiger partial charge is 0.384 e. The van der Waals surface area contributed by atoms with Crippen molar-refractivity contribution in [1.29, 1.82) is 0 Å². The molecule has 0 spiro atoms. The molecule has 1 aliphatic heterocycles. The minimum atomic E-state index is 0.497. The number of hydrogen-bond acceptors (Lipinski definition) is 2. The molecule has 76 valence electrons. The van der Waals surface area contributed by atoms with Gasteiger partial charge < -0.3 is 10.1 Å². The minimum absolute atomic E-state index is 0.497. The second-order valence-corrected chi connectivity index (χ2v) is 4.54. The highest BCUT2D eigenvalue weighted by molar-refractivity contribution is 9.10. The van der Waals surface area contributed by atoms with Crippen LogP contribution in [0.2, 0.25) is 0 Å². The SMILES string of the molecule is COCC1CNCc2cc(Br)ccc21. The summed E-state index contributed by atoms with van der Waals surface area (Å²) in [6, 6.07) is 6.49. The van der Waals surface area contributed by atoms with Crippen LogP contribution in [0.3, 0.4) is 0 Å². The summed E-state index contributed by atoms with van der Waals surface area (Å²) in [5.41, 5.74) is 2.81. The number of halogens is 1. The van der Waals surface area contributed by atoms with E-state index in [1.54, 1.807) is 7.11 Å². The van der Waals surface area contributed by atoms with Crippen LogP contribution < -0.4 is 5.32 Å². The molecule has 1 aliphatic rings. The maximum atomic E-state index is 5.22. The zero-order valence-electron chi connectivity index (χ0n) is 8.22. The highest BCUT2D eigenvalue weighted by Gasteiger charge is 2.19. The van der Waals surface area contributed by atoms with E-state index in [4.69, 9.17) is 4.74 Å². The van der Waals surface area contributed by atoms with Gasteiger partial charge in [0.25, 0.3) is 0 Å². The van der Waals surface area contributed by atoms with Crippen molar-refractivity contribution in [1.82, 2.24) is 5.32 Å². The highest BCUT2D eigenvalue weighted by atomic mass is 79.9. The van der Waals surface area contributed by atoms with Gasteiger partial charge in [0.1, 0.15) is 0 Å². The fraction of sp³-hybridized carbons (Fsp3) is 0.455. The van der Waals surface area contributed by atoms with Crippen molar-refractivity contribution in [3.8, 4) is 0 Å². The van der Waals surface area contributed by atoms with Gasteiger partial charge in [-0.25, -0.2) is 0 Å². The molecular weight excluding hydrogens is 242 g/mol. The lowest BCUT2D eigenvalue weighted by Crippen LogP contribution is -2.30. The molecule has 1 unspecified atom stereocenters. The number of methoxy groups -OCH3 is 1. The predicted octanol–water partition coefficient (Wildman–Crippen LogP) is 2.28. The van der Waals surface area contributed by atoms with Crippen molar-refractivity contribution < 1.29 is 4.74 Å².